The molecule has 0 fully saturated rings. The minimum atomic E-state index is 1.13. The monoisotopic (exact) mass is 176 g/mol. The Kier molecular flexibility index (Phi) is 8.57. The molecule has 68 valence electrons. The molecule has 0 heterocycles. The first kappa shape index (κ1) is 11.3. The number of nitrogens with zero attached hydrogens (tertiary/aromatic N) is 1. The van der Waals surface area contributed by atoms with Crippen LogP contribution in [0.5, 0.6) is 0 Å². The number of hydrogen-bond donors (Lipinski definition) is 1. The molecule has 0 amide bonds. The highest BCUT2D eigenvalue weighted by Crippen LogP contribution is 1.93. The van der Waals surface area contributed by atoms with Crippen molar-refractivity contribution in [3.05, 3.63) is 0 Å². The molecule has 0 radical (unpaired) electrons. The third kappa shape index (κ3) is 8.17. The lowest BCUT2D eigenvalue weighted by Crippen LogP contribution is -2.24. The van der Waals surface area contributed by atoms with Crippen LogP contribution in [0.3, 0.4) is 0 Å². The lowest BCUT2D eigenvalue weighted by Gasteiger charge is -2.15. The first-order valence-electron chi connectivity index (χ1n) is 4.13. The summed E-state index contributed by atoms with van der Waals surface area (Å²) in [4.78, 5) is 2.38. The zero-order valence-electron chi connectivity index (χ0n) is 7.89. The van der Waals surface area contributed by atoms with E-state index in [1.54, 1.807) is 0 Å². The van der Waals surface area contributed by atoms with E-state index in [9.17, 15) is 0 Å². The number of thioether (sulfide) groups is 1. The van der Waals surface area contributed by atoms with Crippen LogP contribution < -0.4 is 5.32 Å². The van der Waals surface area contributed by atoms with E-state index in [1.807, 2.05) is 18.8 Å². The van der Waals surface area contributed by atoms with Crippen molar-refractivity contribution in [2.45, 2.75) is 6.42 Å². The molecule has 0 bridgehead atoms. The highest BCUT2D eigenvalue weighted by atomic mass is 32.2. The topological polar surface area (TPSA) is 15.3 Å². The Bertz CT molecular complexity index is 78.5. The predicted molar refractivity (Wildman–Crippen MR) is 54.4 cm³/mol. The van der Waals surface area contributed by atoms with Crippen LogP contribution >= 0.6 is 11.8 Å². The molecule has 0 aromatic carbocycles. The van der Waals surface area contributed by atoms with E-state index < -0.39 is 0 Å². The van der Waals surface area contributed by atoms with Gasteiger partial charge in [-0.3, -0.25) is 0 Å². The lowest BCUT2D eigenvalue weighted by atomic mass is 10.4. The molecule has 0 rings (SSSR count). The minimum Gasteiger partial charge on any atom is -0.320 e. The molecular weight excluding hydrogens is 156 g/mol. The fourth-order valence-corrected chi connectivity index (χ4v) is 1.38. The summed E-state index contributed by atoms with van der Waals surface area (Å²) in [6.07, 6.45) is 3.41. The van der Waals surface area contributed by atoms with Crippen molar-refractivity contribution < 1.29 is 0 Å². The van der Waals surface area contributed by atoms with E-state index in [4.69, 9.17) is 0 Å². The smallest absolute Gasteiger partial charge is 0.00692 e. The van der Waals surface area contributed by atoms with Gasteiger partial charge in [0.05, 0.1) is 0 Å². The van der Waals surface area contributed by atoms with Crippen LogP contribution in [0.4, 0.5) is 0 Å². The van der Waals surface area contributed by atoms with Crippen LogP contribution in [0.1, 0.15) is 6.42 Å². The second-order valence-electron chi connectivity index (χ2n) is 2.75. The van der Waals surface area contributed by atoms with Crippen LogP contribution in [0.15, 0.2) is 0 Å². The summed E-state index contributed by atoms with van der Waals surface area (Å²) in [5.41, 5.74) is 0. The molecule has 0 unspecified atom stereocenters. The van der Waals surface area contributed by atoms with Gasteiger partial charge >= 0.3 is 0 Å². The molecule has 0 saturated carbocycles. The van der Waals surface area contributed by atoms with Gasteiger partial charge in [0.1, 0.15) is 0 Å². The molecule has 2 nitrogen and oxygen atoms in total. The second-order valence-corrected chi connectivity index (χ2v) is 3.74. The first-order valence-corrected chi connectivity index (χ1v) is 5.52. The van der Waals surface area contributed by atoms with Gasteiger partial charge in [-0.05, 0) is 39.9 Å². The van der Waals surface area contributed by atoms with Gasteiger partial charge in [0.15, 0.2) is 0 Å². The van der Waals surface area contributed by atoms with Gasteiger partial charge in [-0.15, -0.1) is 0 Å². The highest BCUT2D eigenvalue weighted by Gasteiger charge is 1.95. The Morgan fingerprint density at radius 1 is 1.36 bits per heavy atom. The average molecular weight is 176 g/mol. The second kappa shape index (κ2) is 8.37. The van der Waals surface area contributed by atoms with Crippen LogP contribution in [0, 0.1) is 0 Å². The predicted octanol–water partition coefficient (Wildman–Crippen LogP) is 0.891. The Hall–Kier alpha value is 0.270. The van der Waals surface area contributed by atoms with E-state index in [-0.39, 0.29) is 0 Å². The average Bonchev–Trinajstić information content (AvgIpc) is 2.01. The van der Waals surface area contributed by atoms with E-state index in [1.165, 1.54) is 25.3 Å². The van der Waals surface area contributed by atoms with Gasteiger partial charge in [0.25, 0.3) is 0 Å². The maximum atomic E-state index is 3.15. The Morgan fingerprint density at radius 3 is 2.64 bits per heavy atom. The molecular formula is C8H20N2S. The summed E-state index contributed by atoms with van der Waals surface area (Å²) in [7, 11) is 4.19. The number of rotatable bonds is 7. The van der Waals surface area contributed by atoms with Crippen molar-refractivity contribution in [1.29, 1.82) is 0 Å². The van der Waals surface area contributed by atoms with Gasteiger partial charge in [0.2, 0.25) is 0 Å². The fraction of sp³-hybridized carbons (Fsp3) is 1.00. The standard InChI is InChI=1S/C8H20N2S/c1-9-5-4-6-10(2)7-8-11-3/h9H,4-8H2,1-3H3. The van der Waals surface area contributed by atoms with Gasteiger partial charge in [0, 0.05) is 12.3 Å². The number of hydrogen-bond acceptors (Lipinski definition) is 3. The van der Waals surface area contributed by atoms with Gasteiger partial charge in [-0.25, -0.2) is 0 Å². The van der Waals surface area contributed by atoms with Gasteiger partial charge in [-0.2, -0.15) is 11.8 Å². The summed E-state index contributed by atoms with van der Waals surface area (Å²) >= 11 is 1.91. The maximum absolute atomic E-state index is 3.15. The molecule has 3 heteroatoms. The van der Waals surface area contributed by atoms with Crippen LogP contribution in [-0.2, 0) is 0 Å². The van der Waals surface area contributed by atoms with E-state index >= 15 is 0 Å². The zero-order valence-corrected chi connectivity index (χ0v) is 8.71. The summed E-state index contributed by atoms with van der Waals surface area (Å²) in [6, 6.07) is 0. The van der Waals surface area contributed by atoms with Gasteiger partial charge < -0.3 is 10.2 Å². The van der Waals surface area contributed by atoms with Crippen molar-refractivity contribution in [3.8, 4) is 0 Å². The normalized spacial score (nSPS) is 10.9. The highest BCUT2D eigenvalue weighted by molar-refractivity contribution is 7.98. The minimum absolute atomic E-state index is 1.13. The summed E-state index contributed by atoms with van der Waals surface area (Å²) in [5, 5.41) is 3.15. The van der Waals surface area contributed by atoms with E-state index in [2.05, 4.69) is 23.5 Å². The fourth-order valence-electron chi connectivity index (χ4n) is 0.885. The lowest BCUT2D eigenvalue weighted by molar-refractivity contribution is 0.349. The molecule has 0 atom stereocenters. The zero-order chi connectivity index (χ0) is 8.53. The van der Waals surface area contributed by atoms with Crippen LogP contribution in [-0.4, -0.2) is 50.6 Å². The summed E-state index contributed by atoms with van der Waals surface area (Å²) in [6.45, 7) is 3.55. The van der Waals surface area contributed by atoms with Crippen molar-refractivity contribution in [2.24, 2.45) is 0 Å². The van der Waals surface area contributed by atoms with Crippen molar-refractivity contribution in [2.75, 3.05) is 45.7 Å². The number of nitrogens with one attached hydrogen (secondary N) is 1. The Morgan fingerprint density at radius 2 is 2.09 bits per heavy atom. The first-order chi connectivity index (χ1) is 5.31. The molecule has 0 aliphatic heterocycles. The molecule has 0 aromatic heterocycles. The largest absolute Gasteiger partial charge is 0.320 e. The Labute approximate surface area is 74.7 Å². The molecule has 11 heavy (non-hydrogen) atoms. The van der Waals surface area contributed by atoms with Crippen molar-refractivity contribution in [3.63, 3.8) is 0 Å². The third-order valence-electron chi connectivity index (χ3n) is 1.64. The maximum Gasteiger partial charge on any atom is 0.00692 e. The van der Waals surface area contributed by atoms with E-state index in [0.717, 1.165) is 6.54 Å². The SMILES string of the molecule is CNCCCN(C)CCSC. The molecule has 1 N–H and O–H groups in total. The van der Waals surface area contributed by atoms with Crippen molar-refractivity contribution >= 4 is 11.8 Å². The van der Waals surface area contributed by atoms with Crippen LogP contribution in [0.2, 0.25) is 0 Å². The quantitative estimate of drug-likeness (QED) is 0.580. The molecule has 0 saturated heterocycles. The molecule has 0 spiro atoms. The molecule has 0 aliphatic carbocycles. The van der Waals surface area contributed by atoms with E-state index in [0.29, 0.717) is 0 Å². The van der Waals surface area contributed by atoms with Gasteiger partial charge in [-0.1, -0.05) is 0 Å². The summed E-state index contributed by atoms with van der Waals surface area (Å²) in [5.74, 6) is 1.25. The Balaban J connectivity index is 3.02. The summed E-state index contributed by atoms with van der Waals surface area (Å²) < 4.78 is 0. The van der Waals surface area contributed by atoms with Crippen molar-refractivity contribution in [1.82, 2.24) is 10.2 Å². The van der Waals surface area contributed by atoms with Crippen LogP contribution in [0.25, 0.3) is 0 Å². The molecule has 0 aliphatic rings. The molecule has 0 aromatic rings. The third-order valence-corrected chi connectivity index (χ3v) is 2.23.